The van der Waals surface area contributed by atoms with Crippen molar-refractivity contribution < 1.29 is 9.18 Å². The minimum atomic E-state index is -0.252. The number of carbonyl (C=O) groups excluding carboxylic acids is 1. The lowest BCUT2D eigenvalue weighted by Gasteiger charge is -2.08. The molecule has 3 aromatic rings. The molecule has 0 atom stereocenters. The number of amides is 1. The van der Waals surface area contributed by atoms with Crippen molar-refractivity contribution in [3.8, 4) is 0 Å². The second-order valence-electron chi connectivity index (χ2n) is 5.74. The van der Waals surface area contributed by atoms with Crippen LogP contribution in [0, 0.1) is 5.82 Å². The standard InChI is InChI=1S/C20H19FN4O/c21-16-6-4-15(5-7-16)8-11-23-17-9-12-24-19(13-17)20(26)25-14-18-3-1-2-10-22-18/h1-7,9-10,12-13H,8,11,14H2,(H,23,24)(H,25,26). The molecule has 0 bridgehead atoms. The third-order valence-electron chi connectivity index (χ3n) is 3.80. The Kier molecular flexibility index (Phi) is 5.88. The van der Waals surface area contributed by atoms with Crippen LogP contribution in [0.1, 0.15) is 21.7 Å². The Hall–Kier alpha value is -3.28. The van der Waals surface area contributed by atoms with E-state index in [1.165, 1.54) is 12.1 Å². The molecule has 132 valence electrons. The summed E-state index contributed by atoms with van der Waals surface area (Å²) in [7, 11) is 0. The maximum atomic E-state index is 12.9. The summed E-state index contributed by atoms with van der Waals surface area (Å²) in [4.78, 5) is 20.5. The van der Waals surface area contributed by atoms with Crippen molar-refractivity contribution >= 4 is 11.6 Å². The van der Waals surface area contributed by atoms with Gasteiger partial charge in [0.25, 0.3) is 5.91 Å². The van der Waals surface area contributed by atoms with Gasteiger partial charge in [0.15, 0.2) is 0 Å². The van der Waals surface area contributed by atoms with Crippen molar-refractivity contribution in [2.75, 3.05) is 11.9 Å². The molecule has 26 heavy (non-hydrogen) atoms. The molecule has 0 spiro atoms. The van der Waals surface area contributed by atoms with Gasteiger partial charge in [0.05, 0.1) is 12.2 Å². The number of nitrogens with one attached hydrogen (secondary N) is 2. The lowest BCUT2D eigenvalue weighted by Crippen LogP contribution is -2.24. The Labute approximate surface area is 151 Å². The van der Waals surface area contributed by atoms with Gasteiger partial charge in [0, 0.05) is 24.6 Å². The van der Waals surface area contributed by atoms with E-state index in [0.29, 0.717) is 18.8 Å². The minimum Gasteiger partial charge on any atom is -0.385 e. The van der Waals surface area contributed by atoms with Crippen LogP contribution in [0.15, 0.2) is 67.0 Å². The number of benzene rings is 1. The first kappa shape index (κ1) is 17.5. The highest BCUT2D eigenvalue weighted by Gasteiger charge is 2.08. The summed E-state index contributed by atoms with van der Waals surface area (Å²) in [6.45, 7) is 1.02. The van der Waals surface area contributed by atoms with E-state index in [1.807, 2.05) is 18.2 Å². The first-order valence-corrected chi connectivity index (χ1v) is 8.33. The van der Waals surface area contributed by atoms with Gasteiger partial charge in [-0.2, -0.15) is 0 Å². The molecule has 0 radical (unpaired) electrons. The highest BCUT2D eigenvalue weighted by Crippen LogP contribution is 2.09. The maximum Gasteiger partial charge on any atom is 0.270 e. The number of nitrogens with zero attached hydrogens (tertiary/aromatic N) is 2. The van der Waals surface area contributed by atoms with Gasteiger partial charge in [-0.1, -0.05) is 18.2 Å². The lowest BCUT2D eigenvalue weighted by molar-refractivity contribution is 0.0945. The fraction of sp³-hybridized carbons (Fsp3) is 0.150. The zero-order valence-corrected chi connectivity index (χ0v) is 14.2. The van der Waals surface area contributed by atoms with Crippen LogP contribution in [0.5, 0.6) is 0 Å². The van der Waals surface area contributed by atoms with E-state index in [0.717, 1.165) is 23.4 Å². The van der Waals surface area contributed by atoms with Crippen LogP contribution in [-0.4, -0.2) is 22.4 Å². The number of carbonyl (C=O) groups is 1. The molecule has 2 heterocycles. The Morgan fingerprint density at radius 1 is 1.00 bits per heavy atom. The molecule has 3 rings (SSSR count). The van der Waals surface area contributed by atoms with Crippen molar-refractivity contribution in [2.24, 2.45) is 0 Å². The summed E-state index contributed by atoms with van der Waals surface area (Å²) in [5.74, 6) is -0.491. The van der Waals surface area contributed by atoms with Crippen molar-refractivity contribution in [3.63, 3.8) is 0 Å². The average Bonchev–Trinajstić information content (AvgIpc) is 2.69. The quantitative estimate of drug-likeness (QED) is 0.687. The number of aromatic nitrogens is 2. The number of halogens is 1. The number of rotatable bonds is 7. The molecule has 1 aromatic carbocycles. The molecule has 0 aliphatic rings. The van der Waals surface area contributed by atoms with E-state index in [4.69, 9.17) is 0 Å². The molecular weight excluding hydrogens is 331 g/mol. The Balaban J connectivity index is 1.52. The fourth-order valence-electron chi connectivity index (χ4n) is 2.43. The molecule has 0 saturated carbocycles. The highest BCUT2D eigenvalue weighted by atomic mass is 19.1. The van der Waals surface area contributed by atoms with Crippen LogP contribution < -0.4 is 10.6 Å². The van der Waals surface area contributed by atoms with Gasteiger partial charge in [-0.25, -0.2) is 4.39 Å². The Morgan fingerprint density at radius 3 is 2.62 bits per heavy atom. The molecule has 6 heteroatoms. The van der Waals surface area contributed by atoms with Crippen LogP contribution in [-0.2, 0) is 13.0 Å². The lowest BCUT2D eigenvalue weighted by atomic mass is 10.1. The topological polar surface area (TPSA) is 66.9 Å². The molecule has 5 nitrogen and oxygen atoms in total. The van der Waals surface area contributed by atoms with Crippen LogP contribution in [0.3, 0.4) is 0 Å². The SMILES string of the molecule is O=C(NCc1ccccn1)c1cc(NCCc2ccc(F)cc2)ccn1. The summed E-state index contributed by atoms with van der Waals surface area (Å²) in [6, 6.07) is 15.5. The predicted octanol–water partition coefficient (Wildman–Crippen LogP) is 3.20. The largest absolute Gasteiger partial charge is 0.385 e. The van der Waals surface area contributed by atoms with Crippen molar-refractivity contribution in [2.45, 2.75) is 13.0 Å². The zero-order valence-electron chi connectivity index (χ0n) is 14.2. The zero-order chi connectivity index (χ0) is 18.2. The second kappa shape index (κ2) is 8.71. The van der Waals surface area contributed by atoms with E-state index in [-0.39, 0.29) is 11.7 Å². The van der Waals surface area contributed by atoms with Gasteiger partial charge < -0.3 is 10.6 Å². The maximum absolute atomic E-state index is 12.9. The summed E-state index contributed by atoms with van der Waals surface area (Å²) >= 11 is 0. The number of hydrogen-bond donors (Lipinski definition) is 2. The van der Waals surface area contributed by atoms with Crippen molar-refractivity contribution in [1.29, 1.82) is 0 Å². The molecule has 0 aliphatic heterocycles. The Morgan fingerprint density at radius 2 is 1.85 bits per heavy atom. The summed E-state index contributed by atoms with van der Waals surface area (Å²) in [6.07, 6.45) is 4.03. The molecule has 0 aliphatic carbocycles. The average molecular weight is 350 g/mol. The second-order valence-corrected chi connectivity index (χ2v) is 5.74. The number of anilines is 1. The predicted molar refractivity (Wildman–Crippen MR) is 98.2 cm³/mol. The molecular formula is C20H19FN4O. The van der Waals surface area contributed by atoms with Gasteiger partial charge in [-0.05, 0) is 48.4 Å². The number of pyridine rings is 2. The molecule has 1 amide bonds. The normalized spacial score (nSPS) is 10.3. The van der Waals surface area contributed by atoms with E-state index < -0.39 is 0 Å². The van der Waals surface area contributed by atoms with Gasteiger partial charge in [-0.15, -0.1) is 0 Å². The summed E-state index contributed by atoms with van der Waals surface area (Å²) < 4.78 is 12.9. The van der Waals surface area contributed by atoms with Crippen LogP contribution in [0.25, 0.3) is 0 Å². The smallest absolute Gasteiger partial charge is 0.270 e. The van der Waals surface area contributed by atoms with Gasteiger partial charge in [0.1, 0.15) is 11.5 Å². The van der Waals surface area contributed by atoms with Crippen LogP contribution in [0.4, 0.5) is 10.1 Å². The van der Waals surface area contributed by atoms with E-state index in [9.17, 15) is 9.18 Å². The van der Waals surface area contributed by atoms with Gasteiger partial charge in [-0.3, -0.25) is 14.8 Å². The molecule has 2 aromatic heterocycles. The van der Waals surface area contributed by atoms with Crippen molar-refractivity contribution in [1.82, 2.24) is 15.3 Å². The Bertz CT molecular complexity index is 853. The fourth-order valence-corrected chi connectivity index (χ4v) is 2.43. The van der Waals surface area contributed by atoms with Gasteiger partial charge in [0.2, 0.25) is 0 Å². The first-order valence-electron chi connectivity index (χ1n) is 8.33. The van der Waals surface area contributed by atoms with Crippen LogP contribution in [0.2, 0.25) is 0 Å². The monoisotopic (exact) mass is 350 g/mol. The molecule has 0 unspecified atom stereocenters. The number of hydrogen-bond acceptors (Lipinski definition) is 4. The van der Waals surface area contributed by atoms with Gasteiger partial charge >= 0.3 is 0 Å². The third kappa shape index (κ3) is 5.11. The molecule has 2 N–H and O–H groups in total. The first-order chi connectivity index (χ1) is 12.7. The molecule has 0 saturated heterocycles. The third-order valence-corrected chi connectivity index (χ3v) is 3.80. The summed E-state index contributed by atoms with van der Waals surface area (Å²) in [5, 5.41) is 6.05. The summed E-state index contributed by atoms with van der Waals surface area (Å²) in [5.41, 5.74) is 2.98. The van der Waals surface area contributed by atoms with E-state index in [2.05, 4.69) is 20.6 Å². The van der Waals surface area contributed by atoms with Crippen molar-refractivity contribution in [3.05, 3.63) is 89.8 Å². The highest BCUT2D eigenvalue weighted by molar-refractivity contribution is 5.93. The van der Waals surface area contributed by atoms with Crippen LogP contribution >= 0.6 is 0 Å². The molecule has 0 fully saturated rings. The van der Waals surface area contributed by atoms with E-state index in [1.54, 1.807) is 36.7 Å². The van der Waals surface area contributed by atoms with E-state index >= 15 is 0 Å². The minimum absolute atomic E-state index is 0.239.